The highest BCUT2D eigenvalue weighted by Gasteiger charge is 2.41. The number of benzene rings is 1. The smallest absolute Gasteiger partial charge is 0.370 e. The number of nitrogens with one attached hydrogen (secondary N) is 1. The third kappa shape index (κ3) is 5.30. The first-order chi connectivity index (χ1) is 15.6. The Morgan fingerprint density at radius 3 is 2.52 bits per heavy atom. The van der Waals surface area contributed by atoms with Crippen LogP contribution in [0, 0.1) is 5.92 Å². The minimum Gasteiger partial charge on any atom is -0.370 e. The number of nitrogens with two attached hydrogens (primary N) is 1. The molecule has 11 heteroatoms. The third-order valence-electron chi connectivity index (χ3n) is 6.41. The molecule has 1 heterocycles. The van der Waals surface area contributed by atoms with Gasteiger partial charge in [-0.25, -0.2) is 0 Å². The number of halogens is 3. The molecule has 3 aliphatic rings. The van der Waals surface area contributed by atoms with Crippen LogP contribution in [0.25, 0.3) is 0 Å². The molecule has 3 amide bonds. The van der Waals surface area contributed by atoms with Crippen LogP contribution in [-0.4, -0.2) is 61.0 Å². The summed E-state index contributed by atoms with van der Waals surface area (Å²) in [6.45, 7) is 0.389. The van der Waals surface area contributed by atoms with Gasteiger partial charge in [0.1, 0.15) is 6.61 Å². The number of alkyl halides is 3. The van der Waals surface area contributed by atoms with E-state index < -0.39 is 35.5 Å². The van der Waals surface area contributed by atoms with Crippen molar-refractivity contribution >= 4 is 29.1 Å². The molecule has 33 heavy (non-hydrogen) atoms. The van der Waals surface area contributed by atoms with Crippen LogP contribution in [0.4, 0.5) is 24.5 Å². The predicted molar refractivity (Wildman–Crippen MR) is 113 cm³/mol. The summed E-state index contributed by atoms with van der Waals surface area (Å²) in [5.74, 6) is -1.75. The number of carbonyl (C=O) groups excluding carboxylic acids is 3. The number of amides is 3. The van der Waals surface area contributed by atoms with Gasteiger partial charge in [-0.1, -0.05) is 6.42 Å². The van der Waals surface area contributed by atoms with Crippen molar-refractivity contribution in [3.8, 4) is 0 Å². The van der Waals surface area contributed by atoms with Gasteiger partial charge in [-0.3, -0.25) is 19.3 Å². The largest absolute Gasteiger partial charge is 0.418 e. The molecule has 1 aromatic carbocycles. The standard InChI is InChI=1S/C22H27F3N4O4/c23-22(24,25)16-10-14(6-7-17(16)28-8-9-33-12-18(28)30)27-21(32)19(20(26)31)29(11-13-4-5-13)15-2-1-3-15/h6-7,10,13,15,19H,1-5,8-9,11-12H2,(H2,26,31)(H,27,32)/t19-/m1/s1. The third-order valence-corrected chi connectivity index (χ3v) is 6.41. The number of carbonyl (C=O) groups is 3. The van der Waals surface area contributed by atoms with Crippen LogP contribution in [-0.2, 0) is 25.3 Å². The Labute approximate surface area is 189 Å². The zero-order chi connectivity index (χ0) is 23.8. The maximum absolute atomic E-state index is 13.8. The topological polar surface area (TPSA) is 105 Å². The van der Waals surface area contributed by atoms with Crippen LogP contribution in [0.1, 0.15) is 37.7 Å². The number of primary amides is 1. The summed E-state index contributed by atoms with van der Waals surface area (Å²) in [5, 5.41) is 2.44. The van der Waals surface area contributed by atoms with E-state index in [-0.39, 0.29) is 37.2 Å². The Hall–Kier alpha value is -2.66. The Morgan fingerprint density at radius 1 is 1.24 bits per heavy atom. The van der Waals surface area contributed by atoms with Crippen molar-refractivity contribution in [1.29, 1.82) is 0 Å². The van der Waals surface area contributed by atoms with Crippen LogP contribution in [0.15, 0.2) is 18.2 Å². The van der Waals surface area contributed by atoms with Crippen molar-refractivity contribution in [2.45, 2.75) is 50.4 Å². The summed E-state index contributed by atoms with van der Waals surface area (Å²) >= 11 is 0. The van der Waals surface area contributed by atoms with Crippen LogP contribution < -0.4 is 16.0 Å². The van der Waals surface area contributed by atoms with Crippen LogP contribution in [0.3, 0.4) is 0 Å². The lowest BCUT2D eigenvalue weighted by atomic mass is 9.89. The maximum Gasteiger partial charge on any atom is 0.418 e. The SMILES string of the molecule is NC(=O)[C@H](C(=O)Nc1ccc(N2CCOCC2=O)c(C(F)(F)F)c1)N(CC1CC1)C1CCC1. The molecule has 2 aliphatic carbocycles. The zero-order valence-corrected chi connectivity index (χ0v) is 18.1. The molecule has 1 aromatic rings. The minimum atomic E-state index is -4.76. The number of nitrogens with zero attached hydrogens (tertiary/aromatic N) is 2. The van der Waals surface area contributed by atoms with Crippen molar-refractivity contribution in [3.63, 3.8) is 0 Å². The van der Waals surface area contributed by atoms with E-state index in [9.17, 15) is 27.6 Å². The monoisotopic (exact) mass is 468 g/mol. The van der Waals surface area contributed by atoms with E-state index >= 15 is 0 Å². The zero-order valence-electron chi connectivity index (χ0n) is 18.1. The predicted octanol–water partition coefficient (Wildman–Crippen LogP) is 2.13. The number of hydrogen-bond acceptors (Lipinski definition) is 5. The summed E-state index contributed by atoms with van der Waals surface area (Å²) < 4.78 is 46.4. The Morgan fingerprint density at radius 2 is 1.97 bits per heavy atom. The minimum absolute atomic E-state index is 0.00508. The van der Waals surface area contributed by atoms with Gasteiger partial charge in [0.05, 0.1) is 17.9 Å². The second-order valence-electron chi connectivity index (χ2n) is 8.85. The first-order valence-corrected chi connectivity index (χ1v) is 11.1. The molecule has 0 spiro atoms. The molecule has 1 aliphatic heterocycles. The molecule has 8 nitrogen and oxygen atoms in total. The molecule has 0 aromatic heterocycles. The van der Waals surface area contributed by atoms with Crippen LogP contribution in [0.5, 0.6) is 0 Å². The van der Waals surface area contributed by atoms with Gasteiger partial charge in [0.15, 0.2) is 6.04 Å². The number of ether oxygens (including phenoxy) is 1. The molecule has 0 radical (unpaired) electrons. The van der Waals surface area contributed by atoms with E-state index in [0.717, 1.165) is 49.1 Å². The van der Waals surface area contributed by atoms with E-state index in [1.54, 1.807) is 0 Å². The molecule has 2 saturated carbocycles. The molecular weight excluding hydrogens is 441 g/mol. The van der Waals surface area contributed by atoms with E-state index in [1.165, 1.54) is 6.07 Å². The summed E-state index contributed by atoms with van der Waals surface area (Å²) in [5.41, 5.74) is 4.08. The molecule has 1 atom stereocenters. The Balaban J connectivity index is 1.58. The molecule has 1 saturated heterocycles. The van der Waals surface area contributed by atoms with Crippen molar-refractivity contribution in [2.75, 3.05) is 36.5 Å². The Bertz CT molecular complexity index is 931. The number of hydrogen-bond donors (Lipinski definition) is 2. The van der Waals surface area contributed by atoms with Crippen LogP contribution in [0.2, 0.25) is 0 Å². The van der Waals surface area contributed by atoms with Gasteiger partial charge in [-0.2, -0.15) is 13.2 Å². The van der Waals surface area contributed by atoms with E-state index in [0.29, 0.717) is 12.5 Å². The van der Waals surface area contributed by atoms with Gasteiger partial charge in [-0.05, 0) is 49.8 Å². The maximum atomic E-state index is 13.8. The van der Waals surface area contributed by atoms with E-state index in [4.69, 9.17) is 10.5 Å². The first kappa shape index (κ1) is 23.5. The molecule has 3 fully saturated rings. The van der Waals surface area contributed by atoms with Crippen LogP contribution >= 0.6 is 0 Å². The molecule has 4 rings (SSSR count). The lowest BCUT2D eigenvalue weighted by Gasteiger charge is -2.40. The molecule has 3 N–H and O–H groups in total. The number of rotatable bonds is 8. The first-order valence-electron chi connectivity index (χ1n) is 11.1. The molecule has 0 unspecified atom stereocenters. The molecular formula is C22H27F3N4O4. The van der Waals surface area contributed by atoms with Gasteiger partial charge in [0, 0.05) is 24.8 Å². The molecule has 180 valence electrons. The van der Waals surface area contributed by atoms with Gasteiger partial charge in [0.2, 0.25) is 5.91 Å². The van der Waals surface area contributed by atoms with E-state index in [2.05, 4.69) is 5.32 Å². The quantitative estimate of drug-likeness (QED) is 0.569. The fourth-order valence-corrected chi connectivity index (χ4v) is 4.29. The fourth-order valence-electron chi connectivity index (χ4n) is 4.29. The summed E-state index contributed by atoms with van der Waals surface area (Å²) in [7, 11) is 0. The second kappa shape index (κ2) is 9.30. The van der Waals surface area contributed by atoms with Gasteiger partial charge in [-0.15, -0.1) is 0 Å². The summed E-state index contributed by atoms with van der Waals surface area (Å²) in [4.78, 5) is 40.2. The number of anilines is 2. The van der Waals surface area contributed by atoms with Crippen molar-refractivity contribution in [3.05, 3.63) is 23.8 Å². The lowest BCUT2D eigenvalue weighted by Crippen LogP contribution is -2.57. The molecule has 0 bridgehead atoms. The summed E-state index contributed by atoms with van der Waals surface area (Å²) in [6, 6.07) is 2.02. The average Bonchev–Trinajstić information content (AvgIpc) is 3.50. The van der Waals surface area contributed by atoms with Gasteiger partial charge < -0.3 is 20.7 Å². The van der Waals surface area contributed by atoms with Crippen molar-refractivity contribution in [2.24, 2.45) is 11.7 Å². The Kier molecular flexibility index (Phi) is 6.62. The summed E-state index contributed by atoms with van der Waals surface area (Å²) in [6.07, 6.45) is -0.0220. The number of morpholine rings is 1. The highest BCUT2D eigenvalue weighted by Crippen LogP contribution is 2.39. The second-order valence-corrected chi connectivity index (χ2v) is 8.85. The highest BCUT2D eigenvalue weighted by atomic mass is 19.4. The van der Waals surface area contributed by atoms with Gasteiger partial charge >= 0.3 is 6.18 Å². The van der Waals surface area contributed by atoms with Gasteiger partial charge in [0.25, 0.3) is 11.8 Å². The van der Waals surface area contributed by atoms with E-state index in [1.807, 2.05) is 4.90 Å². The van der Waals surface area contributed by atoms with Crippen molar-refractivity contribution < 1.29 is 32.3 Å². The lowest BCUT2D eigenvalue weighted by molar-refractivity contribution is -0.138. The van der Waals surface area contributed by atoms with Crippen molar-refractivity contribution in [1.82, 2.24) is 4.90 Å². The average molecular weight is 468 g/mol. The normalized spacial score (nSPS) is 20.5. The highest BCUT2D eigenvalue weighted by molar-refractivity contribution is 6.09. The fraction of sp³-hybridized carbons (Fsp3) is 0.591.